The van der Waals surface area contributed by atoms with Crippen molar-refractivity contribution in [1.29, 1.82) is 0 Å². The van der Waals surface area contributed by atoms with Gasteiger partial charge in [-0.3, -0.25) is 77.2 Å². The number of carbonyl (C=O) groups is 15. The van der Waals surface area contributed by atoms with Crippen molar-refractivity contribution in [2.45, 2.75) is 171 Å². The van der Waals surface area contributed by atoms with E-state index in [0.29, 0.717) is 36.0 Å². The van der Waals surface area contributed by atoms with Crippen LogP contribution in [0, 0.1) is 11.8 Å². The predicted octanol–water partition coefficient (Wildman–Crippen LogP) is -6.74. The molecule has 13 amide bonds. The minimum absolute atomic E-state index is 0.0196. The molecule has 0 saturated carbocycles. The van der Waals surface area contributed by atoms with Crippen molar-refractivity contribution in [3.05, 3.63) is 72.1 Å². The number of nitrogens with two attached hydrogens (primary N) is 2. The molecule has 0 aliphatic carbocycles. The van der Waals surface area contributed by atoms with E-state index in [1.807, 2.05) is 0 Å². The number of aliphatic carboxylic acids is 2. The number of nitrogens with zero attached hydrogens (tertiary/aromatic N) is 3. The molecule has 42 nitrogen and oxygen atoms in total. The zero-order valence-electron chi connectivity index (χ0n) is 65.5. The van der Waals surface area contributed by atoms with Gasteiger partial charge in [-0.15, -0.1) is 0 Å². The number of H-pyrrole nitrogens is 2. The molecule has 6 heterocycles. The van der Waals surface area contributed by atoms with E-state index in [4.69, 9.17) is 11.5 Å². The molecule has 4 aromatic rings. The Morgan fingerprint density at radius 3 is 1.63 bits per heavy atom. The summed E-state index contributed by atoms with van der Waals surface area (Å²) in [6.45, 7) is 3.48. The number of sulfonamides is 2. The van der Waals surface area contributed by atoms with Gasteiger partial charge in [-0.05, 0) is 68.2 Å². The number of hydrogen-bond acceptors (Lipinski definition) is 25. The number of aliphatic hydroxyl groups is 2. The highest BCUT2D eigenvalue weighted by Gasteiger charge is 2.47. The molecule has 4 aliphatic rings. The minimum atomic E-state index is -4.82. The Morgan fingerprint density at radius 1 is 0.585 bits per heavy atom. The molecule has 2 aromatic heterocycles. The largest absolute Gasteiger partial charge is 0.481 e. The van der Waals surface area contributed by atoms with Crippen molar-refractivity contribution >= 4 is 154 Å². The second-order valence-electron chi connectivity index (χ2n) is 29.9. The van der Waals surface area contributed by atoms with Crippen molar-refractivity contribution in [3.8, 4) is 0 Å². The van der Waals surface area contributed by atoms with Crippen LogP contribution in [0.4, 0.5) is 0 Å². The molecule has 4 fully saturated rings. The number of aromatic nitrogens is 2. The Kier molecular flexibility index (Phi) is 32.9. The van der Waals surface area contributed by atoms with Gasteiger partial charge < -0.3 is 105 Å². The van der Waals surface area contributed by atoms with Crippen LogP contribution in [-0.4, -0.2) is 308 Å². The lowest BCUT2D eigenvalue weighted by atomic mass is 9.99. The van der Waals surface area contributed by atoms with Crippen LogP contribution in [0.5, 0.6) is 0 Å². The summed E-state index contributed by atoms with van der Waals surface area (Å²) in [4.78, 5) is 220. The monoisotopic (exact) mass is 1730 g/mol. The Bertz CT molecular complexity index is 4640. The summed E-state index contributed by atoms with van der Waals surface area (Å²) in [6.07, 6.45) is -4.81. The molecular weight excluding hydrogens is 1630 g/mol. The Morgan fingerprint density at radius 2 is 1.09 bits per heavy atom. The molecule has 0 spiro atoms. The molecule has 648 valence electrons. The van der Waals surface area contributed by atoms with Crippen LogP contribution in [0.3, 0.4) is 0 Å². The number of carbonyl (C=O) groups excluding carboxylic acids is 13. The minimum Gasteiger partial charge on any atom is -0.481 e. The van der Waals surface area contributed by atoms with E-state index in [2.05, 4.69) is 73.8 Å². The number of benzene rings is 2. The number of thioether (sulfide) groups is 2. The number of hydrogen-bond donors (Lipinski definition) is 20. The third kappa shape index (κ3) is 25.5. The third-order valence-electron chi connectivity index (χ3n) is 20.0. The van der Waals surface area contributed by atoms with Crippen LogP contribution >= 0.6 is 23.5 Å². The van der Waals surface area contributed by atoms with Gasteiger partial charge in [0.1, 0.15) is 66.1 Å². The summed E-state index contributed by atoms with van der Waals surface area (Å²) in [5.41, 5.74) is 10.5. The van der Waals surface area contributed by atoms with Gasteiger partial charge in [-0.25, -0.2) is 16.8 Å². The summed E-state index contributed by atoms with van der Waals surface area (Å²) >= 11 is 1.55. The number of nitrogens with one attached hydrogen (secondary N) is 14. The fourth-order valence-electron chi connectivity index (χ4n) is 13.6. The summed E-state index contributed by atoms with van der Waals surface area (Å²) in [6, 6.07) is -4.96. The molecule has 0 radical (unpaired) electrons. The topological polar surface area (TPSA) is 643 Å². The van der Waals surface area contributed by atoms with E-state index in [1.165, 1.54) is 31.9 Å². The standard InChI is InChI=1S/C72H103N19O23S4/c1-36(2)56-68(106)80-49(28-55(96)97)62(100)77-31-53(93)78-47(26-40-29-75-44-14-9-7-12-42(40)44)64(102)85-57(37(3)4)71(109)91-19-11-16-52(91)67(105)82-50(59(74)98)32-115-22-24-117(111,112)89-20-21-90-35-72(110,34-89)88-60(70(108)81-48(65(103)84-56)27-41-30-76-45-15-10-8-13-43(41)45)87-63(101)46(17-18-54(94)95)79-69(107)58(39(6)92)86-66(104)51(83-61(99)38(5)73)33-116-23-25-118(90,113)114/h7-10,12-15,29-30,36-39,46-52,56-58,60,75-76,88,92,110H,11,16-28,31-35,73H2,1-6H3,(H2,74,98)(H,77,100)(H,78,93)(H,79,107)(H,80,106)(H,81,108)(H,82,105)(H,83,99)(H,84,103)(H,85,102)(H,86,104)(H,87,101)(H,94,95)(H,96,97)/t38-,39+,46-,47-,48-,49-,50-,51-,52-,56-,57-,58-,60-,72?/m0/s1. The fraction of sp³-hybridized carbons (Fsp3) is 0.569. The van der Waals surface area contributed by atoms with Crippen molar-refractivity contribution in [3.63, 3.8) is 0 Å². The van der Waals surface area contributed by atoms with Gasteiger partial charge in [0, 0.05) is 96.1 Å². The van der Waals surface area contributed by atoms with E-state index < -0.39 is 298 Å². The zero-order valence-corrected chi connectivity index (χ0v) is 68.8. The molecule has 2 aromatic carbocycles. The SMILES string of the molecule is CC(C)[C@@H]1NC(=O)[C@H](Cc2c[nH]c3ccccc23)NC(=O)[C@H]2NC(=O)[C@H](CCC(=O)O)NC(=O)[C@H]([C@@H](C)O)NC(=O)[C@@H](NC(=O)[C@H](C)N)CSCCS(=O)(=O)N3CCN(CC(O)(C3)N2)S(=O)(=O)CCSC[C@@H](C(N)=O)NC(=O)[C@@H]2CCCN2C(=O)[C@H](C(C)C)NC(=O)[C@H](Cc2c[nH]c3ccccc23)NC(=O)CNC(=O)[C@H](CC(=O)O)NC1=O. The number of rotatable bonds is 15. The summed E-state index contributed by atoms with van der Waals surface area (Å²) in [7, 11) is -9.60. The highest BCUT2D eigenvalue weighted by molar-refractivity contribution is 8.00. The normalized spacial score (nSPS) is 28.5. The van der Waals surface area contributed by atoms with E-state index in [1.54, 1.807) is 68.6 Å². The average molecular weight is 1730 g/mol. The molecule has 8 rings (SSSR count). The maximum Gasteiger partial charge on any atom is 0.305 e. The molecule has 16 atom stereocenters. The highest BCUT2D eigenvalue weighted by atomic mass is 32.2. The first-order chi connectivity index (χ1) is 55.5. The second kappa shape index (κ2) is 41.6. The van der Waals surface area contributed by atoms with Gasteiger partial charge in [-0.1, -0.05) is 64.1 Å². The number of amides is 13. The quantitative estimate of drug-likeness (QED) is 0.0526. The van der Waals surface area contributed by atoms with Gasteiger partial charge in [0.2, 0.25) is 90.9 Å². The van der Waals surface area contributed by atoms with Gasteiger partial charge >= 0.3 is 11.9 Å². The van der Waals surface area contributed by atoms with Gasteiger partial charge in [-0.2, -0.15) is 32.1 Å². The van der Waals surface area contributed by atoms with Crippen LogP contribution in [0.2, 0.25) is 0 Å². The molecule has 4 aliphatic heterocycles. The van der Waals surface area contributed by atoms with E-state index in [9.17, 15) is 94.8 Å². The van der Waals surface area contributed by atoms with Gasteiger partial charge in [0.15, 0.2) is 6.17 Å². The second-order valence-corrected chi connectivity index (χ2v) is 36.4. The van der Waals surface area contributed by atoms with Gasteiger partial charge in [0.25, 0.3) is 5.91 Å². The van der Waals surface area contributed by atoms with Crippen molar-refractivity contribution < 1.29 is 109 Å². The summed E-state index contributed by atoms with van der Waals surface area (Å²) in [5, 5.41) is 74.6. The zero-order chi connectivity index (χ0) is 86.8. The maximum absolute atomic E-state index is 15.7. The van der Waals surface area contributed by atoms with Crippen LogP contribution < -0.4 is 75.3 Å². The highest BCUT2D eigenvalue weighted by Crippen LogP contribution is 2.27. The smallest absolute Gasteiger partial charge is 0.305 e. The molecule has 22 N–H and O–H groups in total. The number of primary amides is 1. The summed E-state index contributed by atoms with van der Waals surface area (Å²) in [5.74, 6) is -23.2. The molecular formula is C72H103N19O23S4. The van der Waals surface area contributed by atoms with Crippen LogP contribution in [0.15, 0.2) is 60.9 Å². The number of aromatic amines is 2. The number of fused-ring (bicyclic) bond motifs is 6. The van der Waals surface area contributed by atoms with Crippen LogP contribution in [0.25, 0.3) is 21.8 Å². The Labute approximate surface area is 687 Å². The van der Waals surface area contributed by atoms with Crippen molar-refractivity contribution in [2.24, 2.45) is 23.3 Å². The molecule has 4 bridgehead atoms. The lowest BCUT2D eigenvalue weighted by Crippen LogP contribution is -2.70. The predicted molar refractivity (Wildman–Crippen MR) is 428 cm³/mol. The lowest BCUT2D eigenvalue weighted by molar-refractivity contribution is -0.143. The van der Waals surface area contributed by atoms with Crippen molar-refractivity contribution in [1.82, 2.24) is 87.3 Å². The number of carboxylic acid groups (broad SMARTS) is 2. The first kappa shape index (κ1) is 93.4. The van der Waals surface area contributed by atoms with Crippen LogP contribution in [-0.2, 0) is 105 Å². The van der Waals surface area contributed by atoms with E-state index in [0.717, 1.165) is 30.4 Å². The Hall–Kier alpha value is -10.1. The molecule has 46 heteroatoms. The molecule has 3 unspecified atom stereocenters. The number of aliphatic hydroxyl groups excluding tert-OH is 1. The average Bonchev–Trinajstić information content (AvgIpc) is 1.59. The third-order valence-corrected chi connectivity index (χ3v) is 26.3. The van der Waals surface area contributed by atoms with Gasteiger partial charge in [0.05, 0.1) is 49.7 Å². The van der Waals surface area contributed by atoms with Crippen LogP contribution in [0.1, 0.15) is 84.8 Å². The number of para-hydroxylation sites is 2. The van der Waals surface area contributed by atoms with Crippen molar-refractivity contribution in [2.75, 3.05) is 73.8 Å². The van der Waals surface area contributed by atoms with E-state index >= 15 is 14.4 Å². The first-order valence-electron chi connectivity index (χ1n) is 38.0. The fourth-order valence-corrected chi connectivity index (χ4v) is 19.6. The summed E-state index contributed by atoms with van der Waals surface area (Å²) < 4.78 is 60.7. The lowest BCUT2D eigenvalue weighted by Gasteiger charge is -2.37. The Balaban J connectivity index is 1.23. The molecule has 118 heavy (non-hydrogen) atoms. The number of carboxylic acids is 2. The molecule has 4 saturated heterocycles. The van der Waals surface area contributed by atoms with E-state index in [-0.39, 0.29) is 31.4 Å². The maximum atomic E-state index is 15.7. The first-order valence-corrected chi connectivity index (χ1v) is 43.6.